The summed E-state index contributed by atoms with van der Waals surface area (Å²) in [6, 6.07) is 0. The normalized spacial score (nSPS) is 14.4. The van der Waals surface area contributed by atoms with Crippen molar-refractivity contribution in [2.75, 3.05) is 6.54 Å². The highest BCUT2D eigenvalue weighted by Crippen LogP contribution is 2.31. The minimum atomic E-state index is 0.0490. The summed E-state index contributed by atoms with van der Waals surface area (Å²) in [6.45, 7) is 13.2. The van der Waals surface area contributed by atoms with Gasteiger partial charge in [0.1, 0.15) is 0 Å². The molecular formula is C11H23NO. The zero-order chi connectivity index (χ0) is 10.6. The van der Waals surface area contributed by atoms with Crippen LogP contribution in [0.2, 0.25) is 0 Å². The Morgan fingerprint density at radius 2 is 1.77 bits per heavy atom. The lowest BCUT2D eigenvalue weighted by atomic mass is 9.74. The Balaban J connectivity index is 4.52. The standard InChI is InChI=1S/C11H23NO/c1-7-12-10(13)9(8(2)3)11(4,5)6/h8-9H,7H2,1-6H3,(H,12,13)/t9-/m1/s1. The average Bonchev–Trinajstić information content (AvgIpc) is 1.82. The molecule has 0 aliphatic carbocycles. The molecule has 0 saturated heterocycles. The summed E-state index contributed by atoms with van der Waals surface area (Å²) in [7, 11) is 0. The first kappa shape index (κ1) is 12.5. The second-order valence-corrected chi connectivity index (χ2v) is 4.98. The zero-order valence-corrected chi connectivity index (χ0v) is 9.77. The van der Waals surface area contributed by atoms with Gasteiger partial charge >= 0.3 is 0 Å². The third kappa shape index (κ3) is 3.79. The molecule has 0 fully saturated rings. The first-order valence-electron chi connectivity index (χ1n) is 5.08. The Labute approximate surface area is 82.1 Å². The van der Waals surface area contributed by atoms with Crippen molar-refractivity contribution >= 4 is 5.91 Å². The Bertz CT molecular complexity index is 167. The predicted octanol–water partition coefficient (Wildman–Crippen LogP) is 2.44. The van der Waals surface area contributed by atoms with Gasteiger partial charge in [-0.2, -0.15) is 0 Å². The number of rotatable bonds is 3. The average molecular weight is 185 g/mol. The fourth-order valence-corrected chi connectivity index (χ4v) is 1.98. The van der Waals surface area contributed by atoms with Crippen LogP contribution in [0.4, 0.5) is 0 Å². The summed E-state index contributed by atoms with van der Waals surface area (Å²) in [5.74, 6) is 0.684. The molecule has 1 amide bonds. The molecule has 2 nitrogen and oxygen atoms in total. The summed E-state index contributed by atoms with van der Waals surface area (Å²) < 4.78 is 0. The Morgan fingerprint density at radius 3 is 2.00 bits per heavy atom. The molecule has 78 valence electrons. The maximum Gasteiger partial charge on any atom is 0.223 e. The van der Waals surface area contributed by atoms with Crippen LogP contribution in [0.5, 0.6) is 0 Å². The minimum absolute atomic E-state index is 0.0490. The molecule has 0 radical (unpaired) electrons. The van der Waals surface area contributed by atoms with Gasteiger partial charge in [-0.1, -0.05) is 34.6 Å². The molecule has 0 aromatic heterocycles. The maximum atomic E-state index is 11.7. The van der Waals surface area contributed by atoms with E-state index in [2.05, 4.69) is 39.9 Å². The van der Waals surface area contributed by atoms with Crippen LogP contribution < -0.4 is 5.32 Å². The molecule has 0 saturated carbocycles. The van der Waals surface area contributed by atoms with Gasteiger partial charge in [-0.05, 0) is 18.3 Å². The van der Waals surface area contributed by atoms with Gasteiger partial charge in [0.25, 0.3) is 0 Å². The quantitative estimate of drug-likeness (QED) is 0.719. The Hall–Kier alpha value is -0.530. The highest BCUT2D eigenvalue weighted by molar-refractivity contribution is 5.79. The van der Waals surface area contributed by atoms with Crippen molar-refractivity contribution in [3.05, 3.63) is 0 Å². The Morgan fingerprint density at radius 1 is 1.31 bits per heavy atom. The van der Waals surface area contributed by atoms with Gasteiger partial charge in [0, 0.05) is 12.5 Å². The van der Waals surface area contributed by atoms with Gasteiger partial charge in [-0.15, -0.1) is 0 Å². The van der Waals surface area contributed by atoms with Crippen molar-refractivity contribution in [1.29, 1.82) is 0 Å². The SMILES string of the molecule is CCNC(=O)[C@@H](C(C)C)C(C)(C)C. The molecule has 1 N–H and O–H groups in total. The molecule has 13 heavy (non-hydrogen) atoms. The summed E-state index contributed by atoms with van der Waals surface area (Å²) in [5.41, 5.74) is 0.0490. The lowest BCUT2D eigenvalue weighted by molar-refractivity contribution is -0.130. The van der Waals surface area contributed by atoms with E-state index < -0.39 is 0 Å². The topological polar surface area (TPSA) is 29.1 Å². The van der Waals surface area contributed by atoms with E-state index in [1.54, 1.807) is 0 Å². The molecule has 0 aromatic carbocycles. The predicted molar refractivity (Wildman–Crippen MR) is 56.5 cm³/mol. The molecule has 0 aliphatic rings. The second-order valence-electron chi connectivity index (χ2n) is 4.98. The number of hydrogen-bond donors (Lipinski definition) is 1. The lowest BCUT2D eigenvalue weighted by Crippen LogP contribution is -2.40. The van der Waals surface area contributed by atoms with E-state index in [1.807, 2.05) is 6.92 Å². The van der Waals surface area contributed by atoms with E-state index in [9.17, 15) is 4.79 Å². The largest absolute Gasteiger partial charge is 0.356 e. The van der Waals surface area contributed by atoms with Crippen LogP contribution in [0.3, 0.4) is 0 Å². The van der Waals surface area contributed by atoms with Crippen LogP contribution in [0.25, 0.3) is 0 Å². The third-order valence-electron chi connectivity index (χ3n) is 2.23. The number of amides is 1. The van der Waals surface area contributed by atoms with E-state index in [1.165, 1.54) is 0 Å². The number of nitrogens with one attached hydrogen (secondary N) is 1. The Kier molecular flexibility index (Phi) is 4.45. The van der Waals surface area contributed by atoms with Gasteiger partial charge in [0.15, 0.2) is 0 Å². The molecule has 0 aromatic rings. The maximum absolute atomic E-state index is 11.7. The van der Waals surface area contributed by atoms with Crippen molar-refractivity contribution in [2.45, 2.75) is 41.5 Å². The van der Waals surface area contributed by atoms with Crippen LogP contribution in [-0.2, 0) is 4.79 Å². The molecule has 2 heteroatoms. The van der Waals surface area contributed by atoms with E-state index >= 15 is 0 Å². The second kappa shape index (κ2) is 4.64. The van der Waals surface area contributed by atoms with Gasteiger partial charge in [-0.25, -0.2) is 0 Å². The highest BCUT2D eigenvalue weighted by atomic mass is 16.1. The third-order valence-corrected chi connectivity index (χ3v) is 2.23. The van der Waals surface area contributed by atoms with Gasteiger partial charge in [0.05, 0.1) is 0 Å². The van der Waals surface area contributed by atoms with Crippen LogP contribution in [-0.4, -0.2) is 12.5 Å². The first-order chi connectivity index (χ1) is 5.80. The monoisotopic (exact) mass is 185 g/mol. The summed E-state index contributed by atoms with van der Waals surface area (Å²) in [5, 5.41) is 2.89. The van der Waals surface area contributed by atoms with Gasteiger partial charge in [-0.3, -0.25) is 4.79 Å². The van der Waals surface area contributed by atoms with Gasteiger partial charge < -0.3 is 5.32 Å². The van der Waals surface area contributed by atoms with E-state index in [0.717, 1.165) is 6.54 Å². The molecule has 0 spiro atoms. The van der Waals surface area contributed by atoms with Crippen molar-refractivity contribution in [3.8, 4) is 0 Å². The molecule has 0 rings (SSSR count). The lowest BCUT2D eigenvalue weighted by Gasteiger charge is -2.32. The van der Waals surface area contributed by atoms with Crippen molar-refractivity contribution in [2.24, 2.45) is 17.3 Å². The number of hydrogen-bond acceptors (Lipinski definition) is 1. The fraction of sp³-hybridized carbons (Fsp3) is 0.909. The minimum Gasteiger partial charge on any atom is -0.356 e. The van der Waals surface area contributed by atoms with Crippen LogP contribution in [0, 0.1) is 17.3 Å². The zero-order valence-electron chi connectivity index (χ0n) is 9.77. The van der Waals surface area contributed by atoms with Crippen LogP contribution in [0.15, 0.2) is 0 Å². The van der Waals surface area contributed by atoms with Crippen LogP contribution >= 0.6 is 0 Å². The van der Waals surface area contributed by atoms with Crippen molar-refractivity contribution in [1.82, 2.24) is 5.32 Å². The number of carbonyl (C=O) groups is 1. The molecule has 0 unspecified atom stereocenters. The summed E-state index contributed by atoms with van der Waals surface area (Å²) >= 11 is 0. The van der Waals surface area contributed by atoms with Gasteiger partial charge in [0.2, 0.25) is 5.91 Å². The molecule has 0 heterocycles. The van der Waals surface area contributed by atoms with E-state index in [0.29, 0.717) is 5.92 Å². The fourth-order valence-electron chi connectivity index (χ4n) is 1.98. The highest BCUT2D eigenvalue weighted by Gasteiger charge is 2.33. The number of carbonyl (C=O) groups excluding carboxylic acids is 1. The summed E-state index contributed by atoms with van der Waals surface area (Å²) in [4.78, 5) is 11.7. The molecule has 0 bridgehead atoms. The molecular weight excluding hydrogens is 162 g/mol. The molecule has 0 aliphatic heterocycles. The van der Waals surface area contributed by atoms with Crippen molar-refractivity contribution in [3.63, 3.8) is 0 Å². The van der Waals surface area contributed by atoms with E-state index in [4.69, 9.17) is 0 Å². The molecule has 1 atom stereocenters. The van der Waals surface area contributed by atoms with E-state index in [-0.39, 0.29) is 17.2 Å². The first-order valence-corrected chi connectivity index (χ1v) is 5.08. The van der Waals surface area contributed by atoms with Crippen molar-refractivity contribution < 1.29 is 4.79 Å². The summed E-state index contributed by atoms with van der Waals surface area (Å²) in [6.07, 6.45) is 0. The smallest absolute Gasteiger partial charge is 0.223 e. The van der Waals surface area contributed by atoms with Crippen LogP contribution in [0.1, 0.15) is 41.5 Å².